The molecule has 0 aliphatic rings. The predicted octanol–water partition coefficient (Wildman–Crippen LogP) is 3.68. The van der Waals surface area contributed by atoms with Crippen molar-refractivity contribution in [1.29, 1.82) is 0 Å². The second-order valence-corrected chi connectivity index (χ2v) is 6.18. The fourth-order valence-corrected chi connectivity index (χ4v) is 2.91. The average Bonchev–Trinajstić information content (AvgIpc) is 3.00. The van der Waals surface area contributed by atoms with Crippen LogP contribution in [0.3, 0.4) is 0 Å². The van der Waals surface area contributed by atoms with Crippen LogP contribution < -0.4 is 5.43 Å². The second kappa shape index (κ2) is 7.15. The van der Waals surface area contributed by atoms with E-state index in [2.05, 4.69) is 17.5 Å². The van der Waals surface area contributed by atoms with Gasteiger partial charge in [-0.25, -0.2) is 5.43 Å². The Morgan fingerprint density at radius 1 is 1.35 bits per heavy atom. The molecule has 1 N–H and O–H groups in total. The van der Waals surface area contributed by atoms with Crippen molar-refractivity contribution in [2.45, 2.75) is 27.2 Å². The van der Waals surface area contributed by atoms with Crippen molar-refractivity contribution >= 4 is 28.6 Å². The molecule has 7 heteroatoms. The van der Waals surface area contributed by atoms with Crippen molar-refractivity contribution in [2.24, 2.45) is 5.10 Å². The van der Waals surface area contributed by atoms with Crippen molar-refractivity contribution in [3.8, 4) is 0 Å². The van der Waals surface area contributed by atoms with Crippen molar-refractivity contribution in [3.63, 3.8) is 0 Å². The number of rotatable bonds is 5. The summed E-state index contributed by atoms with van der Waals surface area (Å²) in [6.45, 7) is 5.51. The molecular formula is C16H17N3O3S. The topological polar surface area (TPSA) is 84.6 Å². The molecule has 1 aromatic heterocycles. The highest BCUT2D eigenvalue weighted by molar-refractivity contribution is 7.14. The zero-order valence-corrected chi connectivity index (χ0v) is 13.9. The van der Waals surface area contributed by atoms with Gasteiger partial charge in [0.2, 0.25) is 0 Å². The Morgan fingerprint density at radius 3 is 2.65 bits per heavy atom. The Labute approximate surface area is 138 Å². The molecule has 6 nitrogen and oxygen atoms in total. The highest BCUT2D eigenvalue weighted by atomic mass is 32.1. The monoisotopic (exact) mass is 331 g/mol. The van der Waals surface area contributed by atoms with Gasteiger partial charge >= 0.3 is 0 Å². The third kappa shape index (κ3) is 4.01. The van der Waals surface area contributed by atoms with Crippen LogP contribution in [0.2, 0.25) is 0 Å². The summed E-state index contributed by atoms with van der Waals surface area (Å²) >= 11 is 1.64. The SMILES string of the molecule is CCc1ccc(/C(C)=N\NC(=O)c2ccc([N+](=O)[O-])c(C)c2)s1. The average molecular weight is 331 g/mol. The Hall–Kier alpha value is -2.54. The first-order valence-electron chi connectivity index (χ1n) is 7.11. The Morgan fingerprint density at radius 2 is 2.09 bits per heavy atom. The Kier molecular flexibility index (Phi) is 5.23. The summed E-state index contributed by atoms with van der Waals surface area (Å²) < 4.78 is 0. The number of amides is 1. The lowest BCUT2D eigenvalue weighted by atomic mass is 10.1. The first-order chi connectivity index (χ1) is 10.9. The van der Waals surface area contributed by atoms with Crippen LogP contribution in [-0.4, -0.2) is 16.5 Å². The summed E-state index contributed by atoms with van der Waals surface area (Å²) in [5.41, 5.74) is 3.98. The number of hydrazone groups is 1. The summed E-state index contributed by atoms with van der Waals surface area (Å²) in [7, 11) is 0. The quantitative estimate of drug-likeness (QED) is 0.515. The molecule has 0 aliphatic heterocycles. The van der Waals surface area contributed by atoms with Gasteiger partial charge in [0.1, 0.15) is 0 Å². The van der Waals surface area contributed by atoms with E-state index in [1.165, 1.54) is 23.1 Å². The molecule has 1 heterocycles. The number of carbonyl (C=O) groups is 1. The fraction of sp³-hybridized carbons (Fsp3) is 0.250. The number of hydrogen-bond donors (Lipinski definition) is 1. The van der Waals surface area contributed by atoms with E-state index in [1.807, 2.05) is 19.1 Å². The molecule has 0 radical (unpaired) electrons. The van der Waals surface area contributed by atoms with Crippen LogP contribution in [-0.2, 0) is 6.42 Å². The highest BCUT2D eigenvalue weighted by Gasteiger charge is 2.13. The maximum absolute atomic E-state index is 12.1. The minimum absolute atomic E-state index is 0.00749. The number of hydrogen-bond acceptors (Lipinski definition) is 5. The van der Waals surface area contributed by atoms with E-state index in [-0.39, 0.29) is 5.69 Å². The number of nitro benzene ring substituents is 1. The van der Waals surface area contributed by atoms with Crippen LogP contribution in [0.15, 0.2) is 35.4 Å². The molecule has 0 bridgehead atoms. The number of thiophene rings is 1. The molecule has 1 amide bonds. The number of aryl methyl sites for hydroxylation is 2. The summed E-state index contributed by atoms with van der Waals surface area (Å²) in [4.78, 5) is 24.7. The van der Waals surface area contributed by atoms with Gasteiger partial charge in [0.05, 0.1) is 15.5 Å². The van der Waals surface area contributed by atoms with Crippen LogP contribution >= 0.6 is 11.3 Å². The van der Waals surface area contributed by atoms with E-state index >= 15 is 0 Å². The molecule has 0 atom stereocenters. The van der Waals surface area contributed by atoms with Gasteiger partial charge in [0.25, 0.3) is 11.6 Å². The number of nitrogens with one attached hydrogen (secondary N) is 1. The molecular weight excluding hydrogens is 314 g/mol. The molecule has 2 rings (SSSR count). The summed E-state index contributed by atoms with van der Waals surface area (Å²) in [6.07, 6.45) is 0.965. The first kappa shape index (κ1) is 16.8. The van der Waals surface area contributed by atoms with Crippen LogP contribution in [0.1, 0.15) is 39.5 Å². The van der Waals surface area contributed by atoms with Crippen LogP contribution in [0.5, 0.6) is 0 Å². The van der Waals surface area contributed by atoms with Crippen LogP contribution in [0.4, 0.5) is 5.69 Å². The number of nitrogens with zero attached hydrogens (tertiary/aromatic N) is 2. The lowest BCUT2D eigenvalue weighted by Gasteiger charge is -2.03. The Balaban J connectivity index is 2.11. The van der Waals surface area contributed by atoms with E-state index in [9.17, 15) is 14.9 Å². The van der Waals surface area contributed by atoms with Gasteiger partial charge in [-0.2, -0.15) is 5.10 Å². The van der Waals surface area contributed by atoms with Crippen LogP contribution in [0.25, 0.3) is 0 Å². The van der Waals surface area contributed by atoms with Gasteiger partial charge in [-0.05, 0) is 44.5 Å². The first-order valence-corrected chi connectivity index (χ1v) is 7.92. The van der Waals surface area contributed by atoms with Crippen molar-refractivity contribution in [3.05, 3.63) is 61.3 Å². The highest BCUT2D eigenvalue weighted by Crippen LogP contribution is 2.19. The van der Waals surface area contributed by atoms with Crippen molar-refractivity contribution in [2.75, 3.05) is 0 Å². The van der Waals surface area contributed by atoms with E-state index in [4.69, 9.17) is 0 Å². The van der Waals surface area contributed by atoms with E-state index in [0.717, 1.165) is 17.0 Å². The summed E-state index contributed by atoms with van der Waals surface area (Å²) in [5.74, 6) is -0.394. The third-order valence-corrected chi connectivity index (χ3v) is 4.69. The standard InChI is InChI=1S/C16H17N3O3S/c1-4-13-6-8-15(23-13)11(3)17-18-16(20)12-5-7-14(19(21)22)10(2)9-12/h5-9H,4H2,1-3H3,(H,18,20)/b17-11-. The molecule has 120 valence electrons. The maximum atomic E-state index is 12.1. The molecule has 0 unspecified atom stereocenters. The lowest BCUT2D eigenvalue weighted by Crippen LogP contribution is -2.19. The maximum Gasteiger partial charge on any atom is 0.272 e. The smallest absolute Gasteiger partial charge is 0.267 e. The fourth-order valence-electron chi connectivity index (χ4n) is 2.02. The molecule has 0 aliphatic carbocycles. The Bertz CT molecular complexity index is 781. The van der Waals surface area contributed by atoms with Gasteiger partial charge in [-0.15, -0.1) is 11.3 Å². The van der Waals surface area contributed by atoms with Gasteiger partial charge < -0.3 is 0 Å². The molecule has 0 fully saturated rings. The lowest BCUT2D eigenvalue weighted by molar-refractivity contribution is -0.385. The molecule has 0 saturated heterocycles. The van der Waals surface area contributed by atoms with E-state index < -0.39 is 10.8 Å². The minimum Gasteiger partial charge on any atom is -0.267 e. The zero-order valence-electron chi connectivity index (χ0n) is 13.1. The summed E-state index contributed by atoms with van der Waals surface area (Å²) in [6, 6.07) is 8.25. The molecule has 1 aromatic carbocycles. The molecule has 2 aromatic rings. The van der Waals surface area contributed by atoms with Gasteiger partial charge in [-0.3, -0.25) is 14.9 Å². The number of carbonyl (C=O) groups excluding carboxylic acids is 1. The normalized spacial score (nSPS) is 11.3. The largest absolute Gasteiger partial charge is 0.272 e. The van der Waals surface area contributed by atoms with E-state index in [1.54, 1.807) is 18.3 Å². The molecule has 0 saturated carbocycles. The van der Waals surface area contributed by atoms with Crippen molar-refractivity contribution in [1.82, 2.24) is 5.43 Å². The zero-order chi connectivity index (χ0) is 17.0. The number of benzene rings is 1. The molecule has 0 spiro atoms. The summed E-state index contributed by atoms with van der Waals surface area (Å²) in [5, 5.41) is 14.9. The third-order valence-electron chi connectivity index (χ3n) is 3.35. The van der Waals surface area contributed by atoms with Gasteiger partial charge in [0, 0.05) is 22.1 Å². The predicted molar refractivity (Wildman–Crippen MR) is 91.2 cm³/mol. The van der Waals surface area contributed by atoms with Crippen LogP contribution in [0, 0.1) is 17.0 Å². The second-order valence-electron chi connectivity index (χ2n) is 5.02. The molecule has 23 heavy (non-hydrogen) atoms. The van der Waals surface area contributed by atoms with Gasteiger partial charge in [-0.1, -0.05) is 6.92 Å². The van der Waals surface area contributed by atoms with Gasteiger partial charge in [0.15, 0.2) is 0 Å². The van der Waals surface area contributed by atoms with Crippen molar-refractivity contribution < 1.29 is 9.72 Å². The van der Waals surface area contributed by atoms with E-state index in [0.29, 0.717) is 11.1 Å². The minimum atomic E-state index is -0.471. The number of nitro groups is 1.